The number of aliphatic hydroxyl groups is 1. The summed E-state index contributed by atoms with van der Waals surface area (Å²) in [5, 5.41) is 9.09. The first-order chi connectivity index (χ1) is 9.79. The third kappa shape index (κ3) is 2.50. The molecular formula is C15H22N2O3. The summed E-state index contributed by atoms with van der Waals surface area (Å²) in [5.41, 5.74) is 7.92. The number of hydrogen-bond acceptors (Lipinski definition) is 5. The molecular weight excluding hydrogens is 256 g/mol. The molecule has 2 aliphatic rings. The van der Waals surface area contributed by atoms with Crippen molar-refractivity contribution in [3.63, 3.8) is 0 Å². The van der Waals surface area contributed by atoms with Gasteiger partial charge in [-0.3, -0.25) is 0 Å². The zero-order valence-electron chi connectivity index (χ0n) is 11.7. The van der Waals surface area contributed by atoms with Crippen LogP contribution in [0.2, 0.25) is 0 Å². The van der Waals surface area contributed by atoms with Crippen LogP contribution in [0.3, 0.4) is 0 Å². The van der Waals surface area contributed by atoms with E-state index in [0.717, 1.165) is 35.8 Å². The minimum atomic E-state index is 0.202. The highest BCUT2D eigenvalue weighted by Gasteiger charge is 2.27. The topological polar surface area (TPSA) is 68.0 Å². The van der Waals surface area contributed by atoms with Crippen molar-refractivity contribution < 1.29 is 14.6 Å². The van der Waals surface area contributed by atoms with Gasteiger partial charge in [0.05, 0.1) is 11.4 Å². The number of nitrogens with two attached hydrogens (primary N) is 1. The van der Waals surface area contributed by atoms with E-state index >= 15 is 0 Å². The first-order valence-corrected chi connectivity index (χ1v) is 7.36. The summed E-state index contributed by atoms with van der Waals surface area (Å²) < 4.78 is 11.2. The monoisotopic (exact) mass is 278 g/mol. The molecule has 0 saturated heterocycles. The van der Waals surface area contributed by atoms with Crippen LogP contribution >= 0.6 is 0 Å². The molecule has 0 radical (unpaired) electrons. The molecule has 1 aliphatic heterocycles. The van der Waals surface area contributed by atoms with Crippen molar-refractivity contribution in [1.82, 2.24) is 0 Å². The fourth-order valence-corrected chi connectivity index (χ4v) is 2.78. The summed E-state index contributed by atoms with van der Waals surface area (Å²) >= 11 is 0. The predicted molar refractivity (Wildman–Crippen MR) is 78.5 cm³/mol. The smallest absolute Gasteiger partial charge is 0.163 e. The largest absolute Gasteiger partial charge is 0.486 e. The van der Waals surface area contributed by atoms with Crippen LogP contribution in [-0.4, -0.2) is 37.5 Å². The fraction of sp³-hybridized carbons (Fsp3) is 0.600. The molecule has 1 aromatic carbocycles. The molecule has 1 saturated carbocycles. The summed E-state index contributed by atoms with van der Waals surface area (Å²) in [6.45, 7) is 2.18. The first kappa shape index (κ1) is 13.4. The Morgan fingerprint density at radius 2 is 1.90 bits per heavy atom. The average molecular weight is 278 g/mol. The van der Waals surface area contributed by atoms with Crippen molar-refractivity contribution in [3.8, 4) is 11.5 Å². The van der Waals surface area contributed by atoms with Crippen molar-refractivity contribution in [2.45, 2.75) is 31.7 Å². The van der Waals surface area contributed by atoms with Gasteiger partial charge < -0.3 is 25.2 Å². The van der Waals surface area contributed by atoms with Gasteiger partial charge in [-0.2, -0.15) is 0 Å². The van der Waals surface area contributed by atoms with E-state index < -0.39 is 0 Å². The Morgan fingerprint density at radius 1 is 1.20 bits per heavy atom. The number of anilines is 2. The molecule has 5 heteroatoms. The van der Waals surface area contributed by atoms with Crippen molar-refractivity contribution in [3.05, 3.63) is 12.1 Å². The van der Waals surface area contributed by atoms with E-state index in [4.69, 9.17) is 20.3 Å². The minimum absolute atomic E-state index is 0.202. The second-order valence-electron chi connectivity index (χ2n) is 5.41. The fourth-order valence-electron chi connectivity index (χ4n) is 2.78. The third-order valence-electron chi connectivity index (χ3n) is 4.07. The predicted octanol–water partition coefficient (Wildman–Crippen LogP) is 1.78. The zero-order chi connectivity index (χ0) is 13.9. The number of aliphatic hydroxyl groups excluding tert-OH is 1. The van der Waals surface area contributed by atoms with Gasteiger partial charge in [0.25, 0.3) is 0 Å². The maximum Gasteiger partial charge on any atom is 0.163 e. The molecule has 3 rings (SSSR count). The zero-order valence-corrected chi connectivity index (χ0v) is 11.7. The van der Waals surface area contributed by atoms with Gasteiger partial charge in [0.15, 0.2) is 11.5 Å². The van der Waals surface area contributed by atoms with Gasteiger partial charge in [-0.15, -0.1) is 0 Å². The highest BCUT2D eigenvalue weighted by molar-refractivity contribution is 5.73. The Labute approximate surface area is 119 Å². The molecule has 110 valence electrons. The lowest BCUT2D eigenvalue weighted by molar-refractivity contribution is 0.171. The van der Waals surface area contributed by atoms with Crippen LogP contribution in [-0.2, 0) is 0 Å². The lowest BCUT2D eigenvalue weighted by Gasteiger charge is -2.40. The summed E-state index contributed by atoms with van der Waals surface area (Å²) in [7, 11) is 0. The molecule has 20 heavy (non-hydrogen) atoms. The van der Waals surface area contributed by atoms with Crippen LogP contribution in [0.25, 0.3) is 0 Å². The van der Waals surface area contributed by atoms with Crippen molar-refractivity contribution in [2.75, 3.05) is 37.0 Å². The molecule has 1 aliphatic carbocycles. The number of nitrogens with zero attached hydrogens (tertiary/aromatic N) is 1. The maximum absolute atomic E-state index is 9.09. The third-order valence-corrected chi connectivity index (χ3v) is 4.07. The van der Waals surface area contributed by atoms with Gasteiger partial charge in [-0.1, -0.05) is 0 Å². The molecule has 0 bridgehead atoms. The summed E-state index contributed by atoms with van der Waals surface area (Å²) in [6.07, 6.45) is 4.41. The summed E-state index contributed by atoms with van der Waals surface area (Å²) in [6, 6.07) is 4.37. The van der Waals surface area contributed by atoms with E-state index in [2.05, 4.69) is 4.90 Å². The lowest BCUT2D eigenvalue weighted by Crippen LogP contribution is -2.41. The van der Waals surface area contributed by atoms with Crippen LogP contribution < -0.4 is 20.1 Å². The Morgan fingerprint density at radius 3 is 2.50 bits per heavy atom. The van der Waals surface area contributed by atoms with E-state index in [-0.39, 0.29) is 6.61 Å². The molecule has 3 N–H and O–H groups in total. The van der Waals surface area contributed by atoms with E-state index in [1.54, 1.807) is 0 Å². The van der Waals surface area contributed by atoms with Gasteiger partial charge >= 0.3 is 0 Å². The van der Waals surface area contributed by atoms with Crippen LogP contribution in [0, 0.1) is 0 Å². The number of rotatable bonds is 5. The number of hydrogen-bond donors (Lipinski definition) is 2. The van der Waals surface area contributed by atoms with Crippen LogP contribution in [0.15, 0.2) is 12.1 Å². The molecule has 0 unspecified atom stereocenters. The number of fused-ring (bicyclic) bond motifs is 1. The van der Waals surface area contributed by atoms with Crippen LogP contribution in [0.5, 0.6) is 11.5 Å². The molecule has 0 aromatic heterocycles. The maximum atomic E-state index is 9.09. The van der Waals surface area contributed by atoms with E-state index in [9.17, 15) is 0 Å². The van der Waals surface area contributed by atoms with E-state index in [1.807, 2.05) is 12.1 Å². The first-order valence-electron chi connectivity index (χ1n) is 7.36. The van der Waals surface area contributed by atoms with Crippen molar-refractivity contribution >= 4 is 11.4 Å². The quantitative estimate of drug-likeness (QED) is 0.804. The van der Waals surface area contributed by atoms with Gasteiger partial charge in [0.2, 0.25) is 0 Å². The van der Waals surface area contributed by atoms with Crippen molar-refractivity contribution in [1.29, 1.82) is 0 Å². The summed E-state index contributed by atoms with van der Waals surface area (Å²) in [5.74, 6) is 1.50. The molecule has 0 amide bonds. The van der Waals surface area contributed by atoms with Gasteiger partial charge in [0.1, 0.15) is 13.2 Å². The van der Waals surface area contributed by atoms with Crippen LogP contribution in [0.4, 0.5) is 11.4 Å². The molecule has 0 atom stereocenters. The van der Waals surface area contributed by atoms with Gasteiger partial charge in [-0.05, 0) is 25.7 Å². The Bertz CT molecular complexity index is 474. The van der Waals surface area contributed by atoms with E-state index in [0.29, 0.717) is 19.3 Å². The molecule has 1 aromatic rings. The normalized spacial score (nSPS) is 17.6. The highest BCUT2D eigenvalue weighted by Crippen LogP contribution is 2.41. The summed E-state index contributed by atoms with van der Waals surface area (Å²) in [4.78, 5) is 2.31. The Kier molecular flexibility index (Phi) is 3.87. The molecule has 1 fully saturated rings. The van der Waals surface area contributed by atoms with Gasteiger partial charge in [0, 0.05) is 31.3 Å². The van der Waals surface area contributed by atoms with E-state index in [1.165, 1.54) is 19.3 Å². The number of ether oxygens (including phenoxy) is 2. The van der Waals surface area contributed by atoms with Gasteiger partial charge in [-0.25, -0.2) is 0 Å². The second-order valence-corrected chi connectivity index (χ2v) is 5.41. The number of nitrogen functional groups attached to an aromatic ring is 1. The Balaban J connectivity index is 1.88. The highest BCUT2D eigenvalue weighted by atomic mass is 16.6. The van der Waals surface area contributed by atoms with Crippen LogP contribution in [0.1, 0.15) is 25.7 Å². The molecule has 0 spiro atoms. The average Bonchev–Trinajstić information content (AvgIpc) is 2.40. The molecule has 1 heterocycles. The minimum Gasteiger partial charge on any atom is -0.486 e. The van der Waals surface area contributed by atoms with Crippen molar-refractivity contribution in [2.24, 2.45) is 0 Å². The number of benzene rings is 1. The standard InChI is InChI=1S/C15H22N2O3/c16-12-9-14-15(20-8-7-19-14)10-13(12)17(5-2-6-18)11-3-1-4-11/h9-11,18H,1-8,16H2. The second kappa shape index (κ2) is 5.79. The SMILES string of the molecule is Nc1cc2c(cc1N(CCCO)C1CCC1)OCCO2. The molecule has 5 nitrogen and oxygen atoms in total. The Hall–Kier alpha value is -1.62. The lowest BCUT2D eigenvalue weighted by atomic mass is 9.90.